The molecule has 0 radical (unpaired) electrons. The van der Waals surface area contributed by atoms with Crippen LogP contribution >= 0.6 is 0 Å². The number of H-pyrrole nitrogens is 1. The van der Waals surface area contributed by atoms with Gasteiger partial charge in [0.2, 0.25) is 5.91 Å². The van der Waals surface area contributed by atoms with Crippen molar-refractivity contribution < 1.29 is 13.6 Å². The van der Waals surface area contributed by atoms with E-state index in [1.807, 2.05) is 20.0 Å². The standard InChI is InChI=1S/C19H19F2N5O/c1-11-8-22-26(9-11)12(2)19(27)25-6-5-17-14(10-25)18(24-23-17)13-3-4-15(20)16(21)7-13/h3-4,7-9,12H,5-6,10H2,1-2H3,(H,23,24). The number of halogens is 2. The zero-order valence-corrected chi connectivity index (χ0v) is 15.0. The van der Waals surface area contributed by atoms with Crippen LogP contribution in [0.4, 0.5) is 8.78 Å². The molecule has 27 heavy (non-hydrogen) atoms. The summed E-state index contributed by atoms with van der Waals surface area (Å²) >= 11 is 0. The van der Waals surface area contributed by atoms with E-state index in [4.69, 9.17) is 0 Å². The predicted molar refractivity (Wildman–Crippen MR) is 94.7 cm³/mol. The van der Waals surface area contributed by atoms with Gasteiger partial charge in [0.25, 0.3) is 0 Å². The molecule has 1 aliphatic rings. The van der Waals surface area contributed by atoms with Crippen molar-refractivity contribution in [3.63, 3.8) is 0 Å². The molecule has 1 aromatic carbocycles. The number of rotatable bonds is 3. The molecular weight excluding hydrogens is 352 g/mol. The van der Waals surface area contributed by atoms with Crippen molar-refractivity contribution in [3.05, 3.63) is 59.0 Å². The van der Waals surface area contributed by atoms with Crippen molar-refractivity contribution in [2.75, 3.05) is 6.54 Å². The first-order chi connectivity index (χ1) is 12.9. The van der Waals surface area contributed by atoms with Gasteiger partial charge >= 0.3 is 0 Å². The second-order valence-corrected chi connectivity index (χ2v) is 6.84. The topological polar surface area (TPSA) is 66.8 Å². The number of fused-ring (bicyclic) bond motifs is 1. The van der Waals surface area contributed by atoms with Gasteiger partial charge in [-0.15, -0.1) is 0 Å². The molecule has 8 heteroatoms. The van der Waals surface area contributed by atoms with Crippen LogP contribution in [0.1, 0.15) is 29.8 Å². The van der Waals surface area contributed by atoms with Crippen LogP contribution in [-0.2, 0) is 17.8 Å². The third-order valence-corrected chi connectivity index (χ3v) is 4.92. The molecule has 0 bridgehead atoms. The van der Waals surface area contributed by atoms with E-state index in [0.717, 1.165) is 29.0 Å². The molecular formula is C19H19F2N5O. The molecule has 2 aromatic heterocycles. The first-order valence-electron chi connectivity index (χ1n) is 8.75. The minimum absolute atomic E-state index is 0.0406. The van der Waals surface area contributed by atoms with Crippen molar-refractivity contribution in [1.82, 2.24) is 24.9 Å². The minimum Gasteiger partial charge on any atom is -0.336 e. The Morgan fingerprint density at radius 1 is 1.30 bits per heavy atom. The van der Waals surface area contributed by atoms with Gasteiger partial charge < -0.3 is 4.90 Å². The molecule has 6 nitrogen and oxygen atoms in total. The Kier molecular flexibility index (Phi) is 4.25. The molecule has 1 N–H and O–H groups in total. The number of nitrogens with zero attached hydrogens (tertiary/aromatic N) is 4. The van der Waals surface area contributed by atoms with Gasteiger partial charge in [0.05, 0.1) is 11.9 Å². The molecule has 1 amide bonds. The quantitative estimate of drug-likeness (QED) is 0.770. The van der Waals surface area contributed by atoms with Crippen molar-refractivity contribution in [3.8, 4) is 11.3 Å². The van der Waals surface area contributed by atoms with Crippen molar-refractivity contribution >= 4 is 5.91 Å². The number of carbonyl (C=O) groups excluding carboxylic acids is 1. The normalized spacial score (nSPS) is 14.9. The smallest absolute Gasteiger partial charge is 0.247 e. The van der Waals surface area contributed by atoms with Gasteiger partial charge in [-0.25, -0.2) is 8.78 Å². The number of nitrogens with one attached hydrogen (secondary N) is 1. The van der Waals surface area contributed by atoms with E-state index < -0.39 is 17.7 Å². The predicted octanol–water partition coefficient (Wildman–Crippen LogP) is 3.01. The van der Waals surface area contributed by atoms with E-state index >= 15 is 0 Å². The molecule has 3 aromatic rings. The van der Waals surface area contributed by atoms with Crippen LogP contribution in [0.3, 0.4) is 0 Å². The maximum absolute atomic E-state index is 13.6. The van der Waals surface area contributed by atoms with Crippen LogP contribution in [0.5, 0.6) is 0 Å². The Balaban J connectivity index is 1.60. The number of aryl methyl sites for hydroxylation is 1. The molecule has 3 heterocycles. The van der Waals surface area contributed by atoms with Gasteiger partial charge in [-0.2, -0.15) is 10.2 Å². The molecule has 4 rings (SSSR count). The van der Waals surface area contributed by atoms with Crippen LogP contribution < -0.4 is 0 Å². The summed E-state index contributed by atoms with van der Waals surface area (Å²) in [6.07, 6.45) is 4.18. The van der Waals surface area contributed by atoms with Gasteiger partial charge in [-0.05, 0) is 37.6 Å². The van der Waals surface area contributed by atoms with Crippen LogP contribution in [0.25, 0.3) is 11.3 Å². The highest BCUT2D eigenvalue weighted by molar-refractivity contribution is 5.80. The van der Waals surface area contributed by atoms with E-state index in [1.165, 1.54) is 6.07 Å². The Labute approximate surface area is 154 Å². The Morgan fingerprint density at radius 2 is 2.11 bits per heavy atom. The first-order valence-corrected chi connectivity index (χ1v) is 8.75. The number of carbonyl (C=O) groups is 1. The highest BCUT2D eigenvalue weighted by Gasteiger charge is 2.29. The maximum Gasteiger partial charge on any atom is 0.247 e. The largest absolute Gasteiger partial charge is 0.336 e. The fourth-order valence-electron chi connectivity index (χ4n) is 3.39. The van der Waals surface area contributed by atoms with Crippen molar-refractivity contribution in [1.29, 1.82) is 0 Å². The minimum atomic E-state index is -0.921. The Morgan fingerprint density at radius 3 is 2.81 bits per heavy atom. The fraction of sp³-hybridized carbons (Fsp3) is 0.316. The molecule has 0 fully saturated rings. The first kappa shape index (κ1) is 17.4. The lowest BCUT2D eigenvalue weighted by Crippen LogP contribution is -2.39. The Hall–Kier alpha value is -3.03. The molecule has 1 atom stereocenters. The SMILES string of the molecule is Cc1cnn(C(C)C(=O)N2CCc3[nH]nc(-c4ccc(F)c(F)c4)c3C2)c1. The number of aromatic amines is 1. The second-order valence-electron chi connectivity index (χ2n) is 6.84. The summed E-state index contributed by atoms with van der Waals surface area (Å²) in [6.45, 7) is 4.67. The summed E-state index contributed by atoms with van der Waals surface area (Å²) in [6, 6.07) is 3.28. The molecule has 0 spiro atoms. The zero-order valence-electron chi connectivity index (χ0n) is 15.0. The molecule has 0 saturated carbocycles. The van der Waals surface area contributed by atoms with Crippen LogP contribution in [0.15, 0.2) is 30.6 Å². The van der Waals surface area contributed by atoms with E-state index in [0.29, 0.717) is 30.8 Å². The average Bonchev–Trinajstić information content (AvgIpc) is 3.28. The second kappa shape index (κ2) is 6.61. The van der Waals surface area contributed by atoms with Crippen molar-refractivity contribution in [2.45, 2.75) is 32.9 Å². The third-order valence-electron chi connectivity index (χ3n) is 4.92. The van der Waals surface area contributed by atoms with E-state index in [9.17, 15) is 13.6 Å². The van der Waals surface area contributed by atoms with E-state index in [1.54, 1.807) is 15.8 Å². The van der Waals surface area contributed by atoms with Crippen LogP contribution in [0, 0.1) is 18.6 Å². The Bertz CT molecular complexity index is 1010. The van der Waals surface area contributed by atoms with Crippen LogP contribution in [-0.4, -0.2) is 37.3 Å². The molecule has 140 valence electrons. The average molecular weight is 371 g/mol. The summed E-state index contributed by atoms with van der Waals surface area (Å²) in [5.74, 6) is -1.86. The summed E-state index contributed by atoms with van der Waals surface area (Å²) in [5, 5.41) is 11.5. The zero-order chi connectivity index (χ0) is 19.1. The summed E-state index contributed by atoms with van der Waals surface area (Å²) in [7, 11) is 0. The molecule has 1 aliphatic heterocycles. The summed E-state index contributed by atoms with van der Waals surface area (Å²) in [4.78, 5) is 14.7. The number of hydrogen-bond acceptors (Lipinski definition) is 3. The number of aromatic nitrogens is 4. The summed E-state index contributed by atoms with van der Waals surface area (Å²) in [5.41, 5.74) is 3.78. The highest BCUT2D eigenvalue weighted by atomic mass is 19.2. The van der Waals surface area contributed by atoms with Gasteiger partial charge in [-0.1, -0.05) is 0 Å². The lowest BCUT2D eigenvalue weighted by Gasteiger charge is -2.29. The van der Waals surface area contributed by atoms with E-state index in [-0.39, 0.29) is 5.91 Å². The number of hydrogen-bond donors (Lipinski definition) is 1. The van der Waals surface area contributed by atoms with Gasteiger partial charge in [0, 0.05) is 42.5 Å². The maximum atomic E-state index is 13.6. The molecule has 0 aliphatic carbocycles. The monoisotopic (exact) mass is 371 g/mol. The third kappa shape index (κ3) is 3.11. The van der Waals surface area contributed by atoms with Gasteiger partial charge in [0.15, 0.2) is 11.6 Å². The number of benzene rings is 1. The van der Waals surface area contributed by atoms with E-state index in [2.05, 4.69) is 15.3 Å². The number of amides is 1. The molecule has 1 unspecified atom stereocenters. The van der Waals surface area contributed by atoms with Crippen molar-refractivity contribution in [2.24, 2.45) is 0 Å². The lowest BCUT2D eigenvalue weighted by molar-refractivity contribution is -0.135. The lowest BCUT2D eigenvalue weighted by atomic mass is 10.0. The highest BCUT2D eigenvalue weighted by Crippen LogP contribution is 2.30. The van der Waals surface area contributed by atoms with Gasteiger partial charge in [-0.3, -0.25) is 14.6 Å². The van der Waals surface area contributed by atoms with Crippen LogP contribution in [0.2, 0.25) is 0 Å². The van der Waals surface area contributed by atoms with Gasteiger partial charge in [0.1, 0.15) is 6.04 Å². The summed E-state index contributed by atoms with van der Waals surface area (Å²) < 4.78 is 28.5. The fourth-order valence-corrected chi connectivity index (χ4v) is 3.39. The molecule has 0 saturated heterocycles.